The van der Waals surface area contributed by atoms with Gasteiger partial charge in [-0.3, -0.25) is 4.79 Å². The van der Waals surface area contributed by atoms with Crippen LogP contribution < -0.4 is 0 Å². The Morgan fingerprint density at radius 2 is 0.903 bits per heavy atom. The fourth-order valence-electron chi connectivity index (χ4n) is 3.80. The van der Waals surface area contributed by atoms with Gasteiger partial charge >= 0.3 is 0 Å². The van der Waals surface area contributed by atoms with Crippen molar-refractivity contribution in [2.45, 2.75) is 6.92 Å². The Labute approximate surface area is 184 Å². The Hall–Kier alpha value is -3.97. The standard InChI is InChI=1S/C30H24O/c1-23(31)29(26-18-10-4-11-19-26)30(27-20-12-5-13-21-27)28(25-16-8-3-9-17-25)22-24-14-6-2-7-15-24/h2-22H,1H3/b28-22+,30-29+. The monoisotopic (exact) mass is 400 g/mol. The maximum absolute atomic E-state index is 13.1. The summed E-state index contributed by atoms with van der Waals surface area (Å²) in [4.78, 5) is 13.1. The molecule has 0 unspecified atom stereocenters. The first-order chi connectivity index (χ1) is 15.2. The lowest BCUT2D eigenvalue weighted by Gasteiger charge is -2.19. The summed E-state index contributed by atoms with van der Waals surface area (Å²) in [5.74, 6) is 0.0416. The lowest BCUT2D eigenvalue weighted by Crippen LogP contribution is -2.03. The van der Waals surface area contributed by atoms with E-state index in [0.29, 0.717) is 0 Å². The largest absolute Gasteiger partial charge is 0.294 e. The second-order valence-corrected chi connectivity index (χ2v) is 7.37. The minimum Gasteiger partial charge on any atom is -0.294 e. The van der Waals surface area contributed by atoms with Crippen LogP contribution in [0.25, 0.3) is 22.8 Å². The van der Waals surface area contributed by atoms with Gasteiger partial charge in [0.2, 0.25) is 0 Å². The fourth-order valence-corrected chi connectivity index (χ4v) is 3.80. The smallest absolute Gasteiger partial charge is 0.161 e. The van der Waals surface area contributed by atoms with Crippen LogP contribution in [0.15, 0.2) is 121 Å². The summed E-state index contributed by atoms with van der Waals surface area (Å²) in [6.45, 7) is 1.65. The molecule has 4 aromatic carbocycles. The van der Waals surface area contributed by atoms with E-state index >= 15 is 0 Å². The summed E-state index contributed by atoms with van der Waals surface area (Å²) < 4.78 is 0. The highest BCUT2D eigenvalue weighted by atomic mass is 16.1. The number of allylic oxidation sites excluding steroid dienone is 3. The molecule has 0 heterocycles. The minimum absolute atomic E-state index is 0.0416. The van der Waals surface area contributed by atoms with Gasteiger partial charge in [-0.25, -0.2) is 0 Å². The Balaban J connectivity index is 2.09. The zero-order chi connectivity index (χ0) is 21.5. The van der Waals surface area contributed by atoms with E-state index in [0.717, 1.165) is 39.0 Å². The van der Waals surface area contributed by atoms with Crippen LogP contribution in [-0.4, -0.2) is 5.78 Å². The van der Waals surface area contributed by atoms with Crippen molar-refractivity contribution in [3.05, 3.63) is 144 Å². The molecule has 0 aromatic heterocycles. The molecule has 0 amide bonds. The molecule has 0 spiro atoms. The number of benzene rings is 4. The molecule has 0 saturated carbocycles. The highest BCUT2D eigenvalue weighted by Gasteiger charge is 2.20. The molecule has 0 aliphatic heterocycles. The summed E-state index contributed by atoms with van der Waals surface area (Å²) in [5, 5.41) is 0. The molecule has 0 fully saturated rings. The van der Waals surface area contributed by atoms with Gasteiger partial charge in [-0.05, 0) is 40.8 Å². The van der Waals surface area contributed by atoms with Gasteiger partial charge in [0.1, 0.15) is 0 Å². The van der Waals surface area contributed by atoms with Gasteiger partial charge in [0.25, 0.3) is 0 Å². The van der Waals surface area contributed by atoms with Gasteiger partial charge in [-0.1, -0.05) is 121 Å². The number of rotatable bonds is 6. The van der Waals surface area contributed by atoms with E-state index in [4.69, 9.17) is 0 Å². The molecule has 31 heavy (non-hydrogen) atoms. The molecular formula is C30H24O. The molecule has 1 heteroatoms. The predicted octanol–water partition coefficient (Wildman–Crippen LogP) is 7.43. The second-order valence-electron chi connectivity index (χ2n) is 7.37. The number of hydrogen-bond acceptors (Lipinski definition) is 1. The van der Waals surface area contributed by atoms with Gasteiger partial charge in [-0.15, -0.1) is 0 Å². The maximum Gasteiger partial charge on any atom is 0.161 e. The van der Waals surface area contributed by atoms with Gasteiger partial charge in [0, 0.05) is 11.1 Å². The van der Waals surface area contributed by atoms with E-state index in [9.17, 15) is 4.79 Å². The van der Waals surface area contributed by atoms with Crippen LogP contribution in [0.4, 0.5) is 0 Å². The fraction of sp³-hybridized carbons (Fsp3) is 0.0333. The van der Waals surface area contributed by atoms with Crippen molar-refractivity contribution in [1.29, 1.82) is 0 Å². The Kier molecular flexibility index (Phi) is 6.35. The van der Waals surface area contributed by atoms with Crippen LogP contribution in [0.1, 0.15) is 29.2 Å². The molecule has 0 aliphatic carbocycles. The van der Waals surface area contributed by atoms with Gasteiger partial charge in [0.15, 0.2) is 5.78 Å². The lowest BCUT2D eigenvalue weighted by molar-refractivity contribution is -0.111. The molecule has 1 nitrogen and oxygen atoms in total. The number of ketones is 1. The van der Waals surface area contributed by atoms with E-state index in [1.165, 1.54) is 0 Å². The number of carbonyl (C=O) groups is 1. The highest BCUT2D eigenvalue weighted by molar-refractivity contribution is 6.35. The van der Waals surface area contributed by atoms with Gasteiger partial charge in [0.05, 0.1) is 0 Å². The van der Waals surface area contributed by atoms with Crippen molar-refractivity contribution in [1.82, 2.24) is 0 Å². The van der Waals surface area contributed by atoms with E-state index in [1.54, 1.807) is 6.92 Å². The molecule has 0 aliphatic rings. The number of hydrogen-bond donors (Lipinski definition) is 0. The molecule has 4 aromatic rings. The first-order valence-corrected chi connectivity index (χ1v) is 10.4. The Morgan fingerprint density at radius 3 is 1.35 bits per heavy atom. The van der Waals surface area contributed by atoms with Crippen LogP contribution in [0.3, 0.4) is 0 Å². The minimum atomic E-state index is 0.0416. The number of Topliss-reactive ketones (excluding diaryl/α,β-unsaturated/α-hetero) is 1. The summed E-state index contributed by atoms with van der Waals surface area (Å²) in [5.41, 5.74) is 6.77. The maximum atomic E-state index is 13.1. The number of carbonyl (C=O) groups excluding carboxylic acids is 1. The van der Waals surface area contributed by atoms with E-state index in [-0.39, 0.29) is 5.78 Å². The zero-order valence-electron chi connectivity index (χ0n) is 17.5. The predicted molar refractivity (Wildman–Crippen MR) is 131 cm³/mol. The van der Waals surface area contributed by atoms with E-state index in [1.807, 2.05) is 84.9 Å². The van der Waals surface area contributed by atoms with Crippen molar-refractivity contribution < 1.29 is 4.79 Å². The van der Waals surface area contributed by atoms with Crippen LogP contribution in [0.5, 0.6) is 0 Å². The first kappa shape index (κ1) is 20.3. The van der Waals surface area contributed by atoms with Crippen molar-refractivity contribution in [2.24, 2.45) is 0 Å². The normalized spacial score (nSPS) is 12.2. The topological polar surface area (TPSA) is 17.1 Å². The third-order valence-electron chi connectivity index (χ3n) is 5.19. The quantitative estimate of drug-likeness (QED) is 0.187. The Bertz CT molecular complexity index is 1200. The van der Waals surface area contributed by atoms with Gasteiger partial charge < -0.3 is 0 Å². The van der Waals surface area contributed by atoms with Crippen LogP contribution in [-0.2, 0) is 4.79 Å². The van der Waals surface area contributed by atoms with Crippen molar-refractivity contribution >= 4 is 28.6 Å². The average Bonchev–Trinajstić information content (AvgIpc) is 2.83. The third kappa shape index (κ3) is 4.79. The summed E-state index contributed by atoms with van der Waals surface area (Å²) in [6, 6.07) is 40.6. The van der Waals surface area contributed by atoms with Gasteiger partial charge in [-0.2, -0.15) is 0 Å². The first-order valence-electron chi connectivity index (χ1n) is 10.4. The molecule has 0 radical (unpaired) electrons. The van der Waals surface area contributed by atoms with Crippen molar-refractivity contribution in [3.8, 4) is 0 Å². The average molecular weight is 401 g/mol. The van der Waals surface area contributed by atoms with Crippen LogP contribution in [0.2, 0.25) is 0 Å². The SMILES string of the molecule is CC(=O)/C(=C(\C(=C\c1ccccc1)c1ccccc1)c1ccccc1)c1ccccc1. The van der Waals surface area contributed by atoms with Crippen LogP contribution >= 0.6 is 0 Å². The van der Waals surface area contributed by atoms with E-state index < -0.39 is 0 Å². The Morgan fingerprint density at radius 1 is 0.516 bits per heavy atom. The molecule has 0 saturated heterocycles. The van der Waals surface area contributed by atoms with Crippen molar-refractivity contribution in [2.75, 3.05) is 0 Å². The molecule has 0 atom stereocenters. The third-order valence-corrected chi connectivity index (χ3v) is 5.19. The molecular weight excluding hydrogens is 376 g/mol. The zero-order valence-corrected chi connectivity index (χ0v) is 17.5. The summed E-state index contributed by atoms with van der Waals surface area (Å²) >= 11 is 0. The summed E-state index contributed by atoms with van der Waals surface area (Å²) in [7, 11) is 0. The lowest BCUT2D eigenvalue weighted by atomic mass is 9.84. The highest BCUT2D eigenvalue weighted by Crippen LogP contribution is 2.39. The second kappa shape index (κ2) is 9.69. The molecule has 150 valence electrons. The van der Waals surface area contributed by atoms with Crippen molar-refractivity contribution in [3.63, 3.8) is 0 Å². The van der Waals surface area contributed by atoms with Crippen LogP contribution in [0, 0.1) is 0 Å². The molecule has 0 N–H and O–H groups in total. The van der Waals surface area contributed by atoms with E-state index in [2.05, 4.69) is 42.5 Å². The molecule has 0 bridgehead atoms. The molecule has 4 rings (SSSR count). The summed E-state index contributed by atoms with van der Waals surface area (Å²) in [6.07, 6.45) is 2.17.